The predicted molar refractivity (Wildman–Crippen MR) is 91.0 cm³/mol. The summed E-state index contributed by atoms with van der Waals surface area (Å²) in [6.07, 6.45) is 2.27. The van der Waals surface area contributed by atoms with E-state index >= 15 is 0 Å². The Hall–Kier alpha value is -1.93. The summed E-state index contributed by atoms with van der Waals surface area (Å²) in [4.78, 5) is 14.9. The van der Waals surface area contributed by atoms with Crippen molar-refractivity contribution in [3.63, 3.8) is 0 Å². The summed E-state index contributed by atoms with van der Waals surface area (Å²) in [6.45, 7) is 1.96. The molecule has 1 fully saturated rings. The van der Waals surface area contributed by atoms with Gasteiger partial charge in [0.05, 0.1) is 24.1 Å². The van der Waals surface area contributed by atoms with Crippen LogP contribution in [0.2, 0.25) is 0 Å². The Morgan fingerprint density at radius 2 is 2.00 bits per heavy atom. The maximum Gasteiger partial charge on any atom is 0.262 e. The number of fused-ring (bicyclic) bond motifs is 3. The molecule has 4 rings (SSSR count). The highest BCUT2D eigenvalue weighted by Crippen LogP contribution is 2.24. The van der Waals surface area contributed by atoms with Crippen LogP contribution in [0.5, 0.6) is 0 Å². The molecule has 0 aliphatic carbocycles. The van der Waals surface area contributed by atoms with Gasteiger partial charge in [0, 0.05) is 17.6 Å². The molecule has 0 saturated carbocycles. The van der Waals surface area contributed by atoms with Crippen LogP contribution >= 0.6 is 15.9 Å². The van der Waals surface area contributed by atoms with Crippen molar-refractivity contribution in [1.82, 2.24) is 19.2 Å². The number of aliphatic hydroxyl groups is 1. The Balaban J connectivity index is 2.12. The van der Waals surface area contributed by atoms with Crippen LogP contribution in [0, 0.1) is 0 Å². The first-order chi connectivity index (χ1) is 11.2. The highest BCUT2D eigenvalue weighted by atomic mass is 79.9. The summed E-state index contributed by atoms with van der Waals surface area (Å²) in [6, 6.07) is 5.62. The highest BCUT2D eigenvalue weighted by molar-refractivity contribution is 9.10. The van der Waals surface area contributed by atoms with E-state index in [1.165, 1.54) is 4.57 Å². The molecule has 8 heteroatoms. The third kappa shape index (κ3) is 2.24. The Kier molecular flexibility index (Phi) is 3.57. The fraction of sp³-hybridized carbons (Fsp3) is 0.400. The molecule has 0 unspecified atom stereocenters. The van der Waals surface area contributed by atoms with Gasteiger partial charge in [0.25, 0.3) is 5.56 Å². The largest absolute Gasteiger partial charge is 0.395 e. The van der Waals surface area contributed by atoms with Gasteiger partial charge in [-0.2, -0.15) is 0 Å². The monoisotopic (exact) mass is 377 g/mol. The lowest BCUT2D eigenvalue weighted by molar-refractivity contribution is 0.275. The summed E-state index contributed by atoms with van der Waals surface area (Å²) in [5.41, 5.74) is 0.623. The van der Waals surface area contributed by atoms with Gasteiger partial charge in [-0.3, -0.25) is 9.36 Å². The molecule has 0 spiro atoms. The van der Waals surface area contributed by atoms with Crippen molar-refractivity contribution in [3.8, 4) is 0 Å². The summed E-state index contributed by atoms with van der Waals surface area (Å²) < 4.78 is 4.25. The first kappa shape index (κ1) is 14.6. The molecular formula is C15H16BrN5O2. The van der Waals surface area contributed by atoms with Gasteiger partial charge in [-0.25, -0.2) is 4.40 Å². The minimum Gasteiger partial charge on any atom is -0.395 e. The number of hydrogen-bond acceptors (Lipinski definition) is 5. The molecule has 2 aromatic heterocycles. The molecule has 0 atom stereocenters. The van der Waals surface area contributed by atoms with Gasteiger partial charge < -0.3 is 10.0 Å². The molecule has 0 radical (unpaired) electrons. The average Bonchev–Trinajstić information content (AvgIpc) is 3.20. The zero-order valence-electron chi connectivity index (χ0n) is 12.4. The Bertz CT molecular complexity index is 942. The predicted octanol–water partition coefficient (Wildman–Crippen LogP) is 1.40. The van der Waals surface area contributed by atoms with Crippen molar-refractivity contribution in [3.05, 3.63) is 33.0 Å². The fourth-order valence-corrected chi connectivity index (χ4v) is 3.55. The standard InChI is InChI=1S/C15H16BrN5O2/c16-10-3-4-12-11(9-10)13(23)20(7-8-22)15-18-17-14(21(12)15)19-5-1-2-6-19/h3-4,9,22H,1-2,5-8H2. The molecule has 1 saturated heterocycles. The third-order valence-corrected chi connectivity index (χ3v) is 4.75. The Morgan fingerprint density at radius 3 is 2.74 bits per heavy atom. The van der Waals surface area contributed by atoms with Crippen LogP contribution in [0.1, 0.15) is 12.8 Å². The molecule has 3 heterocycles. The molecule has 7 nitrogen and oxygen atoms in total. The van der Waals surface area contributed by atoms with Crippen LogP contribution in [0.3, 0.4) is 0 Å². The number of aromatic nitrogens is 4. The van der Waals surface area contributed by atoms with Crippen LogP contribution in [-0.2, 0) is 6.54 Å². The van der Waals surface area contributed by atoms with Gasteiger partial charge in [0.2, 0.25) is 11.7 Å². The summed E-state index contributed by atoms with van der Waals surface area (Å²) in [7, 11) is 0. The maximum absolute atomic E-state index is 12.8. The molecule has 23 heavy (non-hydrogen) atoms. The Morgan fingerprint density at radius 1 is 1.22 bits per heavy atom. The number of benzene rings is 1. The van der Waals surface area contributed by atoms with Gasteiger partial charge in [-0.15, -0.1) is 10.2 Å². The number of halogens is 1. The molecule has 1 aromatic carbocycles. The van der Waals surface area contributed by atoms with Gasteiger partial charge in [-0.05, 0) is 31.0 Å². The number of hydrogen-bond donors (Lipinski definition) is 1. The number of rotatable bonds is 3. The van der Waals surface area contributed by atoms with Gasteiger partial charge in [0.1, 0.15) is 0 Å². The fourth-order valence-electron chi connectivity index (χ4n) is 3.19. The van der Waals surface area contributed by atoms with Crippen molar-refractivity contribution >= 4 is 38.6 Å². The van der Waals surface area contributed by atoms with Crippen LogP contribution in [0.4, 0.5) is 5.95 Å². The molecule has 3 aromatic rings. The highest BCUT2D eigenvalue weighted by Gasteiger charge is 2.22. The van der Waals surface area contributed by atoms with Crippen LogP contribution in [-0.4, -0.2) is 44.0 Å². The smallest absolute Gasteiger partial charge is 0.262 e. The van der Waals surface area contributed by atoms with Gasteiger partial charge in [0.15, 0.2) is 0 Å². The summed E-state index contributed by atoms with van der Waals surface area (Å²) in [5, 5.41) is 18.4. The minimum atomic E-state index is -0.164. The lowest BCUT2D eigenvalue weighted by Gasteiger charge is -2.16. The van der Waals surface area contributed by atoms with E-state index < -0.39 is 0 Å². The SMILES string of the molecule is O=c1c2cc(Br)ccc2n2c(N3CCCC3)nnc2n1CCO. The zero-order chi connectivity index (χ0) is 16.0. The van der Waals surface area contributed by atoms with E-state index in [-0.39, 0.29) is 18.7 Å². The van der Waals surface area contributed by atoms with E-state index in [9.17, 15) is 9.90 Å². The van der Waals surface area contributed by atoms with E-state index in [4.69, 9.17) is 0 Å². The first-order valence-electron chi connectivity index (χ1n) is 7.63. The third-order valence-electron chi connectivity index (χ3n) is 4.26. The lowest BCUT2D eigenvalue weighted by Crippen LogP contribution is -2.26. The first-order valence-corrected chi connectivity index (χ1v) is 8.43. The molecule has 120 valence electrons. The van der Waals surface area contributed by atoms with Crippen molar-refractivity contribution in [1.29, 1.82) is 0 Å². The zero-order valence-corrected chi connectivity index (χ0v) is 14.0. The second-order valence-electron chi connectivity index (χ2n) is 5.67. The van der Waals surface area contributed by atoms with Crippen LogP contribution in [0.15, 0.2) is 27.5 Å². The molecule has 1 aliphatic rings. The second kappa shape index (κ2) is 5.61. The van der Waals surface area contributed by atoms with Crippen molar-refractivity contribution in [2.45, 2.75) is 19.4 Å². The normalized spacial score (nSPS) is 15.1. The molecule has 1 N–H and O–H groups in total. The average molecular weight is 378 g/mol. The van der Waals surface area contributed by atoms with E-state index in [1.54, 1.807) is 6.07 Å². The molecule has 0 bridgehead atoms. The number of anilines is 1. The van der Waals surface area contributed by atoms with E-state index in [2.05, 4.69) is 31.0 Å². The number of nitrogens with zero attached hydrogens (tertiary/aromatic N) is 5. The molecular weight excluding hydrogens is 362 g/mol. The van der Waals surface area contributed by atoms with Crippen LogP contribution in [0.25, 0.3) is 16.7 Å². The summed E-state index contributed by atoms with van der Waals surface area (Å²) >= 11 is 3.42. The van der Waals surface area contributed by atoms with E-state index in [0.717, 1.165) is 41.9 Å². The van der Waals surface area contributed by atoms with Crippen molar-refractivity contribution in [2.75, 3.05) is 24.6 Å². The minimum absolute atomic E-state index is 0.124. The lowest BCUT2D eigenvalue weighted by atomic mass is 10.2. The van der Waals surface area contributed by atoms with Crippen LogP contribution < -0.4 is 10.5 Å². The Labute approximate surface area is 140 Å². The molecule has 1 aliphatic heterocycles. The topological polar surface area (TPSA) is 75.7 Å². The summed E-state index contributed by atoms with van der Waals surface area (Å²) in [5.74, 6) is 1.23. The van der Waals surface area contributed by atoms with E-state index in [0.29, 0.717) is 11.2 Å². The van der Waals surface area contributed by atoms with Crippen molar-refractivity contribution < 1.29 is 5.11 Å². The van der Waals surface area contributed by atoms with Gasteiger partial charge in [-0.1, -0.05) is 15.9 Å². The van der Waals surface area contributed by atoms with Gasteiger partial charge >= 0.3 is 0 Å². The van der Waals surface area contributed by atoms with E-state index in [1.807, 2.05) is 16.5 Å². The quantitative estimate of drug-likeness (QED) is 0.746. The number of aliphatic hydroxyl groups excluding tert-OH is 1. The molecule has 0 amide bonds. The van der Waals surface area contributed by atoms with Crippen molar-refractivity contribution in [2.24, 2.45) is 0 Å². The second-order valence-corrected chi connectivity index (χ2v) is 6.59. The maximum atomic E-state index is 12.8.